The summed E-state index contributed by atoms with van der Waals surface area (Å²) < 4.78 is 81.3. The smallest absolute Gasteiger partial charge is 0.422 e. The maximum atomic E-state index is 12.9. The molecule has 0 amide bonds. The predicted octanol–water partition coefficient (Wildman–Crippen LogP) is 2.46. The van der Waals surface area contributed by atoms with Crippen molar-refractivity contribution >= 4 is 21.4 Å². The number of methoxy groups -OCH3 is 1. The minimum Gasteiger partial charge on any atom is -0.485 e. The monoisotopic (exact) mass is 548 g/mol. The second kappa shape index (κ2) is 10.5. The van der Waals surface area contributed by atoms with Crippen molar-refractivity contribution in [2.45, 2.75) is 24.4 Å². The molecule has 0 radical (unpaired) electrons. The zero-order chi connectivity index (χ0) is 25.9. The highest BCUT2D eigenvalue weighted by molar-refractivity contribution is 7.90. The lowest BCUT2D eigenvalue weighted by atomic mass is 10.2. The molecule has 0 N–H and O–H groups in total. The highest BCUT2D eigenvalue weighted by Gasteiger charge is 2.33. The fourth-order valence-corrected chi connectivity index (χ4v) is 4.87. The van der Waals surface area contributed by atoms with Gasteiger partial charge in [0, 0.05) is 32.1 Å². The van der Waals surface area contributed by atoms with E-state index in [4.69, 9.17) is 25.8 Å². The Hall–Kier alpha value is -3.04. The van der Waals surface area contributed by atoms with Crippen LogP contribution in [0.1, 0.15) is 17.7 Å². The molecular weight excluding hydrogens is 529 g/mol. The van der Waals surface area contributed by atoms with Crippen LogP contribution in [0.4, 0.5) is 13.2 Å². The number of halogens is 4. The first kappa shape index (κ1) is 26.0. The molecule has 36 heavy (non-hydrogen) atoms. The molecule has 0 aliphatic carbocycles. The Morgan fingerprint density at radius 3 is 2.67 bits per heavy atom. The van der Waals surface area contributed by atoms with Gasteiger partial charge >= 0.3 is 6.18 Å². The van der Waals surface area contributed by atoms with Gasteiger partial charge in [0.05, 0.1) is 29.0 Å². The second-order valence-corrected chi connectivity index (χ2v) is 10.4. The zero-order valence-electron chi connectivity index (χ0n) is 18.8. The maximum absolute atomic E-state index is 12.9. The van der Waals surface area contributed by atoms with Gasteiger partial charge in [-0.05, 0) is 6.07 Å². The molecule has 16 heteroatoms. The van der Waals surface area contributed by atoms with Crippen molar-refractivity contribution in [1.82, 2.24) is 29.7 Å². The third-order valence-electron chi connectivity index (χ3n) is 5.06. The summed E-state index contributed by atoms with van der Waals surface area (Å²) in [5, 5.41) is 8.53. The molecular formula is C20H20ClF3N6O5S. The van der Waals surface area contributed by atoms with Crippen LogP contribution in [0, 0.1) is 0 Å². The molecule has 3 aromatic rings. The van der Waals surface area contributed by atoms with Crippen LogP contribution in [0.3, 0.4) is 0 Å². The van der Waals surface area contributed by atoms with E-state index < -0.39 is 34.4 Å². The van der Waals surface area contributed by atoms with Crippen molar-refractivity contribution < 1.29 is 35.8 Å². The van der Waals surface area contributed by atoms with E-state index in [2.05, 4.69) is 25.1 Å². The zero-order valence-corrected chi connectivity index (χ0v) is 20.3. The van der Waals surface area contributed by atoms with Crippen LogP contribution in [0.2, 0.25) is 5.02 Å². The van der Waals surface area contributed by atoms with Crippen molar-refractivity contribution in [1.29, 1.82) is 0 Å². The fourth-order valence-electron chi connectivity index (χ4n) is 3.54. The number of aromatic nitrogens is 6. The number of hydrogen-bond acceptors (Lipinski definition) is 10. The van der Waals surface area contributed by atoms with Gasteiger partial charge < -0.3 is 18.8 Å². The number of hydrogen-bond donors (Lipinski definition) is 0. The first-order chi connectivity index (χ1) is 17.1. The van der Waals surface area contributed by atoms with Gasteiger partial charge in [0.1, 0.15) is 24.0 Å². The number of ether oxygens (including phenoxy) is 3. The van der Waals surface area contributed by atoms with Crippen LogP contribution >= 0.6 is 11.6 Å². The van der Waals surface area contributed by atoms with Crippen LogP contribution in [0.5, 0.6) is 11.6 Å². The van der Waals surface area contributed by atoms with Crippen LogP contribution < -0.4 is 9.47 Å². The maximum Gasteiger partial charge on any atom is 0.422 e. The number of alkyl halides is 3. The van der Waals surface area contributed by atoms with Gasteiger partial charge in [-0.3, -0.25) is 0 Å². The van der Waals surface area contributed by atoms with Crippen molar-refractivity contribution in [2.24, 2.45) is 0 Å². The van der Waals surface area contributed by atoms with E-state index in [0.29, 0.717) is 10.8 Å². The third kappa shape index (κ3) is 6.20. The summed E-state index contributed by atoms with van der Waals surface area (Å²) >= 11 is 5.76. The molecule has 0 unspecified atom stereocenters. The number of nitrogens with zero attached hydrogens (tertiary/aromatic N) is 6. The number of fused-ring (bicyclic) bond motifs is 3. The number of sulfone groups is 1. The van der Waals surface area contributed by atoms with Gasteiger partial charge in [0.15, 0.2) is 28.0 Å². The lowest BCUT2D eigenvalue weighted by Gasteiger charge is -2.19. The Morgan fingerprint density at radius 2 is 1.97 bits per heavy atom. The number of aryl methyl sites for hydroxylation is 1. The van der Waals surface area contributed by atoms with Crippen molar-refractivity contribution in [3.05, 3.63) is 41.3 Å². The van der Waals surface area contributed by atoms with Crippen molar-refractivity contribution in [2.75, 3.05) is 32.7 Å². The van der Waals surface area contributed by atoms with Crippen LogP contribution in [-0.4, -0.2) is 77.0 Å². The Kier molecular flexibility index (Phi) is 7.61. The van der Waals surface area contributed by atoms with Gasteiger partial charge in [-0.25, -0.2) is 23.4 Å². The van der Waals surface area contributed by atoms with Crippen LogP contribution in [0.25, 0.3) is 11.4 Å². The highest BCUT2D eigenvalue weighted by Crippen LogP contribution is 2.40. The lowest BCUT2D eigenvalue weighted by Crippen LogP contribution is -2.25. The number of pyridine rings is 1. The summed E-state index contributed by atoms with van der Waals surface area (Å²) in [6, 6.07) is 0.898. The SMILES string of the molecule is COC[C@@H]1COc2c(ccnc2OCC(F)(F)F)-c2nnc(CS(=O)(=O)CCc3ncc(Cl)cn3)n21. The molecule has 0 fully saturated rings. The summed E-state index contributed by atoms with van der Waals surface area (Å²) in [5.74, 6) is -0.492. The van der Waals surface area contributed by atoms with E-state index in [9.17, 15) is 21.6 Å². The lowest BCUT2D eigenvalue weighted by molar-refractivity contribution is -0.154. The summed E-state index contributed by atoms with van der Waals surface area (Å²) in [6.07, 6.45) is -0.510. The fraction of sp³-hybridized carbons (Fsp3) is 0.450. The molecule has 11 nitrogen and oxygen atoms in total. The van der Waals surface area contributed by atoms with E-state index >= 15 is 0 Å². The standard InChI is InChI=1S/C20H20ClF3N6O5S/c1-33-8-13-9-34-17-14(2-4-25-19(17)35-11-20(22,23)24)18-29-28-16(30(13)18)10-36(31,32)5-3-15-26-6-12(21)7-27-15/h2,4,6-7,13H,3,5,8-11H2,1H3/t13-/m1/s1. The number of rotatable bonds is 9. The van der Waals surface area contributed by atoms with Gasteiger partial charge in [-0.15, -0.1) is 10.2 Å². The van der Waals surface area contributed by atoms with E-state index in [1.54, 1.807) is 4.57 Å². The summed E-state index contributed by atoms with van der Waals surface area (Å²) in [6.45, 7) is -1.54. The average molecular weight is 549 g/mol. The molecule has 1 aliphatic heterocycles. The van der Waals surface area contributed by atoms with E-state index in [0.717, 1.165) is 0 Å². The molecule has 0 saturated heterocycles. The minimum atomic E-state index is -4.58. The summed E-state index contributed by atoms with van der Waals surface area (Å²) in [5.41, 5.74) is 0.256. The molecule has 0 aromatic carbocycles. The largest absolute Gasteiger partial charge is 0.485 e. The molecule has 4 rings (SSSR count). The first-order valence-electron chi connectivity index (χ1n) is 10.5. The normalized spacial score (nSPS) is 15.5. The van der Waals surface area contributed by atoms with Crippen LogP contribution in [0.15, 0.2) is 24.7 Å². The Bertz CT molecular complexity index is 1320. The molecule has 0 spiro atoms. The quantitative estimate of drug-likeness (QED) is 0.393. The predicted molar refractivity (Wildman–Crippen MR) is 119 cm³/mol. The topological polar surface area (TPSA) is 131 Å². The molecule has 0 saturated carbocycles. The molecule has 0 bridgehead atoms. The van der Waals surface area contributed by atoms with Gasteiger partial charge in [0.25, 0.3) is 5.88 Å². The molecule has 3 aromatic heterocycles. The molecule has 1 aliphatic rings. The Balaban J connectivity index is 1.63. The third-order valence-corrected chi connectivity index (χ3v) is 6.77. The molecule has 1 atom stereocenters. The highest BCUT2D eigenvalue weighted by atomic mass is 35.5. The van der Waals surface area contributed by atoms with Crippen molar-refractivity contribution in [3.8, 4) is 23.0 Å². The Morgan fingerprint density at radius 1 is 1.22 bits per heavy atom. The second-order valence-electron chi connectivity index (χ2n) is 7.79. The van der Waals surface area contributed by atoms with Gasteiger partial charge in [-0.1, -0.05) is 11.6 Å². The van der Waals surface area contributed by atoms with Gasteiger partial charge in [0.2, 0.25) is 0 Å². The first-order valence-corrected chi connectivity index (χ1v) is 12.7. The molecule has 4 heterocycles. The minimum absolute atomic E-state index is 0.0525. The van der Waals surface area contributed by atoms with Gasteiger partial charge in [-0.2, -0.15) is 13.2 Å². The van der Waals surface area contributed by atoms with E-state index in [1.807, 2.05) is 0 Å². The van der Waals surface area contributed by atoms with Crippen LogP contribution in [-0.2, 0) is 26.7 Å². The van der Waals surface area contributed by atoms with Crippen molar-refractivity contribution in [3.63, 3.8) is 0 Å². The van der Waals surface area contributed by atoms with E-state index in [1.165, 1.54) is 31.8 Å². The average Bonchev–Trinajstić information content (AvgIpc) is 3.14. The summed E-state index contributed by atoms with van der Waals surface area (Å²) in [7, 11) is -2.24. The Labute approximate surface area is 208 Å². The molecule has 194 valence electrons. The summed E-state index contributed by atoms with van der Waals surface area (Å²) in [4.78, 5) is 11.9. The van der Waals surface area contributed by atoms with E-state index in [-0.39, 0.29) is 54.2 Å².